The molecule has 3 fully saturated rings. The highest BCUT2D eigenvalue weighted by Gasteiger charge is 2.53. The van der Waals surface area contributed by atoms with E-state index in [1.165, 1.54) is 12.8 Å². The van der Waals surface area contributed by atoms with Crippen LogP contribution in [0, 0.1) is 0 Å². The van der Waals surface area contributed by atoms with Gasteiger partial charge in [-0.2, -0.15) is 0 Å². The number of rotatable bonds is 3. The summed E-state index contributed by atoms with van der Waals surface area (Å²) in [6.07, 6.45) is 8.50. The average Bonchev–Trinajstić information content (AvgIpc) is 3.00. The number of hydrogen-bond acceptors (Lipinski definition) is 3. The van der Waals surface area contributed by atoms with Crippen molar-refractivity contribution in [3.8, 4) is 0 Å². The lowest BCUT2D eigenvalue weighted by Crippen LogP contribution is -2.47. The Bertz CT molecular complexity index is 397. The number of carbonyl (C=O) groups excluding carboxylic acids is 1. The molecule has 0 aromatic heterocycles. The molecule has 3 aliphatic rings. The smallest absolute Gasteiger partial charge is 0.244 e. The maximum Gasteiger partial charge on any atom is 0.244 e. The van der Waals surface area contributed by atoms with E-state index in [4.69, 9.17) is 0 Å². The van der Waals surface area contributed by atoms with E-state index in [0.29, 0.717) is 11.9 Å². The Kier molecular flexibility index (Phi) is 4.18. The van der Waals surface area contributed by atoms with Crippen LogP contribution >= 0.6 is 0 Å². The topological polar surface area (TPSA) is 49.4 Å². The van der Waals surface area contributed by atoms with Gasteiger partial charge in [0.1, 0.15) is 0 Å². The molecular formula is C15H26N2O2S. The van der Waals surface area contributed by atoms with Gasteiger partial charge in [-0.15, -0.1) is 0 Å². The number of amides is 1. The van der Waals surface area contributed by atoms with Crippen LogP contribution in [0.4, 0.5) is 0 Å². The second-order valence-electron chi connectivity index (χ2n) is 6.53. The first-order valence-corrected chi connectivity index (χ1v) is 9.60. The highest BCUT2D eigenvalue weighted by atomic mass is 32.2. The summed E-state index contributed by atoms with van der Waals surface area (Å²) < 4.78 is 11.6. The van der Waals surface area contributed by atoms with Crippen LogP contribution in [0.3, 0.4) is 0 Å². The molecule has 2 heterocycles. The van der Waals surface area contributed by atoms with Crippen LogP contribution in [-0.2, 0) is 15.6 Å². The first-order chi connectivity index (χ1) is 9.66. The van der Waals surface area contributed by atoms with Gasteiger partial charge in [0.15, 0.2) is 0 Å². The maximum atomic E-state index is 13.0. The number of hydrogen-bond donors (Lipinski definition) is 1. The van der Waals surface area contributed by atoms with Gasteiger partial charge < -0.3 is 4.90 Å². The summed E-state index contributed by atoms with van der Waals surface area (Å²) >= 11 is 0. The Labute approximate surface area is 124 Å². The standard InChI is InChI=1S/C15H26N2O2S/c1-2-5-13-16-15(8-3-4-9-15)14(18)17(13)12-6-10-20(19)11-7-12/h12-13,16H,2-11H2,1H3. The van der Waals surface area contributed by atoms with E-state index >= 15 is 0 Å². The van der Waals surface area contributed by atoms with Crippen LogP contribution in [0.1, 0.15) is 58.3 Å². The van der Waals surface area contributed by atoms with E-state index in [0.717, 1.165) is 50.0 Å². The molecule has 1 amide bonds. The van der Waals surface area contributed by atoms with Gasteiger partial charge in [0.2, 0.25) is 5.91 Å². The van der Waals surface area contributed by atoms with Gasteiger partial charge in [-0.3, -0.25) is 14.3 Å². The summed E-state index contributed by atoms with van der Waals surface area (Å²) in [6.45, 7) is 2.18. The molecule has 0 bridgehead atoms. The molecule has 1 spiro atoms. The second kappa shape index (κ2) is 5.76. The third-order valence-electron chi connectivity index (χ3n) is 5.19. The molecule has 1 saturated carbocycles. The van der Waals surface area contributed by atoms with Crippen LogP contribution < -0.4 is 5.32 Å². The van der Waals surface area contributed by atoms with Gasteiger partial charge in [0.05, 0.1) is 11.7 Å². The van der Waals surface area contributed by atoms with Crippen molar-refractivity contribution in [1.82, 2.24) is 10.2 Å². The quantitative estimate of drug-likeness (QED) is 0.864. The molecular weight excluding hydrogens is 272 g/mol. The van der Waals surface area contributed by atoms with Crippen molar-refractivity contribution in [3.05, 3.63) is 0 Å². The first kappa shape index (κ1) is 14.5. The largest absolute Gasteiger partial charge is 0.322 e. The minimum absolute atomic E-state index is 0.210. The van der Waals surface area contributed by atoms with E-state index < -0.39 is 10.8 Å². The van der Waals surface area contributed by atoms with E-state index in [1.807, 2.05) is 0 Å². The zero-order chi connectivity index (χ0) is 14.2. The van der Waals surface area contributed by atoms with Gasteiger partial charge in [-0.25, -0.2) is 0 Å². The van der Waals surface area contributed by atoms with Crippen LogP contribution in [0.2, 0.25) is 0 Å². The molecule has 3 rings (SSSR count). The fourth-order valence-electron chi connectivity index (χ4n) is 4.14. The van der Waals surface area contributed by atoms with E-state index in [9.17, 15) is 9.00 Å². The number of nitrogens with one attached hydrogen (secondary N) is 1. The predicted molar refractivity (Wildman–Crippen MR) is 80.8 cm³/mol. The normalized spacial score (nSPS) is 37.0. The van der Waals surface area contributed by atoms with Gasteiger partial charge in [-0.1, -0.05) is 26.2 Å². The van der Waals surface area contributed by atoms with E-state index in [-0.39, 0.29) is 11.7 Å². The van der Waals surface area contributed by atoms with Crippen molar-refractivity contribution < 1.29 is 9.00 Å². The molecule has 2 aliphatic heterocycles. The molecule has 1 atom stereocenters. The van der Waals surface area contributed by atoms with E-state index in [2.05, 4.69) is 17.1 Å². The van der Waals surface area contributed by atoms with E-state index in [1.54, 1.807) is 0 Å². The maximum absolute atomic E-state index is 13.0. The fourth-order valence-corrected chi connectivity index (χ4v) is 5.41. The lowest BCUT2D eigenvalue weighted by atomic mass is 9.97. The Morgan fingerprint density at radius 1 is 1.30 bits per heavy atom. The minimum atomic E-state index is -0.656. The molecule has 1 N–H and O–H groups in total. The summed E-state index contributed by atoms with van der Waals surface area (Å²) in [6, 6.07) is 0.309. The van der Waals surface area contributed by atoms with Crippen LogP contribution in [0.25, 0.3) is 0 Å². The molecule has 5 heteroatoms. The molecule has 1 aliphatic carbocycles. The fraction of sp³-hybridized carbons (Fsp3) is 0.933. The van der Waals surface area contributed by atoms with Gasteiger partial charge in [0, 0.05) is 28.3 Å². The molecule has 0 radical (unpaired) electrons. The summed E-state index contributed by atoms with van der Waals surface area (Å²) in [5.74, 6) is 1.87. The van der Waals surface area contributed by atoms with Gasteiger partial charge in [-0.05, 0) is 32.1 Å². The Morgan fingerprint density at radius 2 is 1.95 bits per heavy atom. The highest BCUT2D eigenvalue weighted by molar-refractivity contribution is 7.85. The highest BCUT2D eigenvalue weighted by Crippen LogP contribution is 2.39. The van der Waals surface area contributed by atoms with Crippen LogP contribution in [0.5, 0.6) is 0 Å². The summed E-state index contributed by atoms with van der Waals surface area (Å²) in [5, 5.41) is 3.68. The zero-order valence-corrected chi connectivity index (χ0v) is 13.2. The molecule has 4 nitrogen and oxygen atoms in total. The van der Waals surface area contributed by atoms with Gasteiger partial charge in [0.25, 0.3) is 0 Å². The molecule has 1 unspecified atom stereocenters. The average molecular weight is 298 g/mol. The Morgan fingerprint density at radius 3 is 2.55 bits per heavy atom. The number of nitrogens with zero attached hydrogens (tertiary/aromatic N) is 1. The summed E-state index contributed by atoms with van der Waals surface area (Å²) in [4.78, 5) is 15.1. The summed E-state index contributed by atoms with van der Waals surface area (Å²) in [5.41, 5.74) is -0.254. The summed E-state index contributed by atoms with van der Waals surface area (Å²) in [7, 11) is -0.656. The lowest BCUT2D eigenvalue weighted by molar-refractivity contribution is -0.135. The molecule has 0 aromatic rings. The molecule has 0 aromatic carbocycles. The van der Waals surface area contributed by atoms with Crippen LogP contribution in [0.15, 0.2) is 0 Å². The zero-order valence-electron chi connectivity index (χ0n) is 12.4. The van der Waals surface area contributed by atoms with Crippen molar-refractivity contribution >= 4 is 16.7 Å². The van der Waals surface area contributed by atoms with Crippen LogP contribution in [-0.4, -0.2) is 44.3 Å². The molecule has 114 valence electrons. The van der Waals surface area contributed by atoms with Crippen molar-refractivity contribution in [2.24, 2.45) is 0 Å². The Balaban J connectivity index is 1.79. The van der Waals surface area contributed by atoms with Crippen molar-refractivity contribution in [1.29, 1.82) is 0 Å². The third-order valence-corrected chi connectivity index (χ3v) is 6.57. The number of carbonyl (C=O) groups is 1. The SMILES string of the molecule is CCCC1NC2(CCCC2)C(=O)N1C1CCS(=O)CC1. The van der Waals surface area contributed by atoms with Crippen molar-refractivity contribution in [2.45, 2.75) is 76.0 Å². The monoisotopic (exact) mass is 298 g/mol. The molecule has 2 saturated heterocycles. The second-order valence-corrected chi connectivity index (χ2v) is 8.23. The van der Waals surface area contributed by atoms with Crippen molar-refractivity contribution in [3.63, 3.8) is 0 Å². The Hall–Kier alpha value is -0.420. The molecule has 20 heavy (non-hydrogen) atoms. The minimum Gasteiger partial charge on any atom is -0.322 e. The third kappa shape index (κ3) is 2.43. The first-order valence-electron chi connectivity index (χ1n) is 8.12. The predicted octanol–water partition coefficient (Wildman–Crippen LogP) is 1.77. The van der Waals surface area contributed by atoms with Crippen molar-refractivity contribution in [2.75, 3.05) is 11.5 Å². The van der Waals surface area contributed by atoms with Gasteiger partial charge >= 0.3 is 0 Å². The lowest BCUT2D eigenvalue weighted by Gasteiger charge is -2.35.